The van der Waals surface area contributed by atoms with Gasteiger partial charge in [0.1, 0.15) is 17.0 Å². The molecular formula is C32H35NO6. The second kappa shape index (κ2) is 12.6. The van der Waals surface area contributed by atoms with E-state index in [1.54, 1.807) is 30.3 Å². The third-order valence-corrected chi connectivity index (χ3v) is 6.16. The number of ether oxygens (including phenoxy) is 3. The van der Waals surface area contributed by atoms with Crippen LogP contribution < -0.4 is 9.47 Å². The van der Waals surface area contributed by atoms with Crippen LogP contribution in [0.5, 0.6) is 11.5 Å². The van der Waals surface area contributed by atoms with Crippen LogP contribution in [-0.4, -0.2) is 30.1 Å². The number of oxazole rings is 1. The first-order chi connectivity index (χ1) is 18.7. The lowest BCUT2D eigenvalue weighted by Crippen LogP contribution is -2.23. The highest BCUT2D eigenvalue weighted by Gasteiger charge is 2.22. The summed E-state index contributed by atoms with van der Waals surface area (Å²) in [6.07, 6.45) is 3.70. The summed E-state index contributed by atoms with van der Waals surface area (Å²) in [6, 6.07) is 19.9. The first-order valence-electron chi connectivity index (χ1n) is 13.3. The van der Waals surface area contributed by atoms with Crippen LogP contribution in [0.25, 0.3) is 22.6 Å². The van der Waals surface area contributed by atoms with Gasteiger partial charge in [-0.15, -0.1) is 0 Å². The molecule has 0 atom stereocenters. The van der Waals surface area contributed by atoms with Gasteiger partial charge in [-0.05, 0) is 114 Å². The zero-order valence-corrected chi connectivity index (χ0v) is 23.0. The Morgan fingerprint density at radius 1 is 0.872 bits per heavy atom. The lowest BCUT2D eigenvalue weighted by atomic mass is 9.97. The Balaban J connectivity index is 1.20. The van der Waals surface area contributed by atoms with Crippen molar-refractivity contribution in [2.75, 3.05) is 13.2 Å². The topological polar surface area (TPSA) is 87.9 Å². The third kappa shape index (κ3) is 7.69. The molecular weight excluding hydrogens is 494 g/mol. The Morgan fingerprint density at radius 2 is 1.59 bits per heavy atom. The van der Waals surface area contributed by atoms with Crippen LogP contribution in [0, 0.1) is 12.3 Å². The number of nitrogens with zero attached hydrogens (tertiary/aromatic N) is 1. The fraction of sp³-hybridized carbons (Fsp3) is 0.344. The van der Waals surface area contributed by atoms with E-state index in [2.05, 4.69) is 4.98 Å². The van der Waals surface area contributed by atoms with Crippen LogP contribution in [0.15, 0.2) is 71.1 Å². The number of carbonyl (C=O) groups is 2. The standard InChI is InChI=1S/C32H35NO6/c1-22-21-24(15-18-27(22)36-19-9-5-6-10-20-37-31(35)32(2,3)4)30(34)38-25-16-13-23(14-17-25)29-33-26-11-7-8-12-28(26)39-29/h7-8,11-18,21H,5-6,9-10,19-20H2,1-4H3. The molecule has 0 aliphatic rings. The number of carbonyl (C=O) groups excluding carboxylic acids is 2. The summed E-state index contributed by atoms with van der Waals surface area (Å²) in [6.45, 7) is 8.50. The summed E-state index contributed by atoms with van der Waals surface area (Å²) in [4.78, 5) is 29.0. The molecule has 0 spiro atoms. The van der Waals surface area contributed by atoms with Gasteiger partial charge < -0.3 is 18.6 Å². The molecule has 4 aromatic rings. The van der Waals surface area contributed by atoms with Crippen LogP contribution in [0.4, 0.5) is 0 Å². The molecule has 1 aromatic heterocycles. The van der Waals surface area contributed by atoms with E-state index in [9.17, 15) is 9.59 Å². The minimum Gasteiger partial charge on any atom is -0.493 e. The van der Waals surface area contributed by atoms with E-state index in [4.69, 9.17) is 18.6 Å². The van der Waals surface area contributed by atoms with Crippen molar-refractivity contribution < 1.29 is 28.2 Å². The highest BCUT2D eigenvalue weighted by Crippen LogP contribution is 2.27. The van der Waals surface area contributed by atoms with Crippen molar-refractivity contribution >= 4 is 23.0 Å². The Bertz CT molecular complexity index is 1380. The smallest absolute Gasteiger partial charge is 0.343 e. The lowest BCUT2D eigenvalue weighted by Gasteiger charge is -2.16. The van der Waals surface area contributed by atoms with Gasteiger partial charge in [-0.1, -0.05) is 12.1 Å². The maximum Gasteiger partial charge on any atom is 0.343 e. The largest absolute Gasteiger partial charge is 0.493 e. The molecule has 39 heavy (non-hydrogen) atoms. The number of fused-ring (bicyclic) bond motifs is 1. The highest BCUT2D eigenvalue weighted by molar-refractivity contribution is 5.91. The summed E-state index contributed by atoms with van der Waals surface area (Å²) in [5, 5.41) is 0. The zero-order valence-electron chi connectivity index (χ0n) is 23.0. The lowest BCUT2D eigenvalue weighted by molar-refractivity contribution is -0.153. The summed E-state index contributed by atoms with van der Waals surface area (Å²) >= 11 is 0. The van der Waals surface area contributed by atoms with Crippen LogP contribution >= 0.6 is 0 Å². The zero-order chi connectivity index (χ0) is 27.8. The maximum atomic E-state index is 12.7. The minimum absolute atomic E-state index is 0.164. The number of hydrogen-bond donors (Lipinski definition) is 0. The van der Waals surface area contributed by atoms with Crippen molar-refractivity contribution in [2.24, 2.45) is 5.41 Å². The normalized spacial score (nSPS) is 11.4. The monoisotopic (exact) mass is 529 g/mol. The summed E-state index contributed by atoms with van der Waals surface area (Å²) in [7, 11) is 0. The Hall–Kier alpha value is -4.13. The van der Waals surface area contributed by atoms with Crippen molar-refractivity contribution in [3.63, 3.8) is 0 Å². The predicted octanol–water partition coefficient (Wildman–Crippen LogP) is 7.55. The minimum atomic E-state index is -0.460. The van der Waals surface area contributed by atoms with Crippen LogP contribution in [-0.2, 0) is 9.53 Å². The number of hydrogen-bond acceptors (Lipinski definition) is 7. The molecule has 0 fully saturated rings. The van der Waals surface area contributed by atoms with Gasteiger partial charge in [-0.25, -0.2) is 9.78 Å². The summed E-state index contributed by atoms with van der Waals surface area (Å²) < 4.78 is 22.5. The van der Waals surface area contributed by atoms with E-state index in [0.717, 1.165) is 53.7 Å². The van der Waals surface area contributed by atoms with Gasteiger partial charge in [0.2, 0.25) is 5.89 Å². The number of benzene rings is 3. The molecule has 7 nitrogen and oxygen atoms in total. The van der Waals surface area contributed by atoms with Crippen molar-refractivity contribution in [3.05, 3.63) is 77.9 Å². The second-order valence-electron chi connectivity index (χ2n) is 10.5. The van der Waals surface area contributed by atoms with Gasteiger partial charge in [0.15, 0.2) is 5.58 Å². The molecule has 0 N–H and O–H groups in total. The van der Waals surface area contributed by atoms with Gasteiger partial charge in [-0.2, -0.15) is 0 Å². The number of aromatic nitrogens is 1. The molecule has 0 bridgehead atoms. The van der Waals surface area contributed by atoms with E-state index in [-0.39, 0.29) is 5.97 Å². The molecule has 204 valence electrons. The van der Waals surface area contributed by atoms with Crippen LogP contribution in [0.2, 0.25) is 0 Å². The molecule has 0 saturated carbocycles. The van der Waals surface area contributed by atoms with Crippen molar-refractivity contribution in [3.8, 4) is 23.0 Å². The number of rotatable bonds is 11. The SMILES string of the molecule is Cc1cc(C(=O)Oc2ccc(-c3nc4ccccc4o3)cc2)ccc1OCCCCCCOC(=O)C(C)(C)C. The first-order valence-corrected chi connectivity index (χ1v) is 13.3. The maximum absolute atomic E-state index is 12.7. The van der Waals surface area contributed by atoms with E-state index >= 15 is 0 Å². The number of para-hydroxylation sites is 2. The number of unbranched alkanes of at least 4 members (excludes halogenated alkanes) is 3. The van der Waals surface area contributed by atoms with E-state index < -0.39 is 11.4 Å². The van der Waals surface area contributed by atoms with Crippen LogP contribution in [0.3, 0.4) is 0 Å². The molecule has 3 aromatic carbocycles. The van der Waals surface area contributed by atoms with Gasteiger partial charge in [0.05, 0.1) is 24.2 Å². The van der Waals surface area contributed by atoms with Crippen molar-refractivity contribution in [1.82, 2.24) is 4.98 Å². The molecule has 7 heteroatoms. The number of esters is 2. The highest BCUT2D eigenvalue weighted by atomic mass is 16.5. The number of aryl methyl sites for hydroxylation is 1. The molecule has 1 heterocycles. The first kappa shape index (κ1) is 27.9. The fourth-order valence-electron chi connectivity index (χ4n) is 3.89. The summed E-state index contributed by atoms with van der Waals surface area (Å²) in [5.74, 6) is 1.09. The van der Waals surface area contributed by atoms with Gasteiger partial charge in [0.25, 0.3) is 0 Å². The third-order valence-electron chi connectivity index (χ3n) is 6.16. The Morgan fingerprint density at radius 3 is 2.28 bits per heavy atom. The molecule has 0 aliphatic carbocycles. The van der Waals surface area contributed by atoms with Gasteiger partial charge >= 0.3 is 11.9 Å². The Kier molecular flexibility index (Phi) is 9.02. The molecule has 0 unspecified atom stereocenters. The molecule has 0 aliphatic heterocycles. The van der Waals surface area contributed by atoms with E-state index in [1.165, 1.54) is 0 Å². The van der Waals surface area contributed by atoms with Crippen molar-refractivity contribution in [1.29, 1.82) is 0 Å². The van der Waals surface area contributed by atoms with Gasteiger partial charge in [-0.3, -0.25) is 4.79 Å². The van der Waals surface area contributed by atoms with Gasteiger partial charge in [0, 0.05) is 5.56 Å². The average molecular weight is 530 g/mol. The van der Waals surface area contributed by atoms with E-state index in [0.29, 0.717) is 30.4 Å². The van der Waals surface area contributed by atoms with Crippen LogP contribution in [0.1, 0.15) is 62.4 Å². The second-order valence-corrected chi connectivity index (χ2v) is 10.5. The molecule has 0 radical (unpaired) electrons. The Labute approximate surface area is 229 Å². The molecule has 4 rings (SSSR count). The molecule has 0 saturated heterocycles. The van der Waals surface area contributed by atoms with E-state index in [1.807, 2.05) is 64.1 Å². The fourth-order valence-corrected chi connectivity index (χ4v) is 3.89. The average Bonchev–Trinajstić information content (AvgIpc) is 3.35. The predicted molar refractivity (Wildman–Crippen MR) is 150 cm³/mol. The van der Waals surface area contributed by atoms with Crippen molar-refractivity contribution in [2.45, 2.75) is 53.4 Å². The molecule has 0 amide bonds. The summed E-state index contributed by atoms with van der Waals surface area (Å²) in [5.41, 5.74) is 3.17. The quantitative estimate of drug-likeness (QED) is 0.113.